The van der Waals surface area contributed by atoms with Crippen molar-refractivity contribution >= 4 is 34.6 Å². The normalized spacial score (nSPS) is 9.80. The molecule has 0 saturated heterocycles. The minimum Gasteiger partial charge on any atom is -0.487 e. The standard InChI is InChI=1S/C13H13N3O2S2/c14-13(19)16-15-12(17)11-10(6-7-20-11)18-8-9-4-2-1-3-5-9/h1-7H,8H2,(H,15,17)(H3,14,16,19). The Hall–Kier alpha value is -2.12. The third kappa shape index (κ3) is 3.94. The van der Waals surface area contributed by atoms with Gasteiger partial charge in [0.2, 0.25) is 0 Å². The number of nitrogens with one attached hydrogen (secondary N) is 2. The molecule has 7 heteroatoms. The van der Waals surface area contributed by atoms with Gasteiger partial charge in [0.05, 0.1) is 0 Å². The van der Waals surface area contributed by atoms with E-state index in [1.165, 1.54) is 11.3 Å². The van der Waals surface area contributed by atoms with E-state index < -0.39 is 0 Å². The van der Waals surface area contributed by atoms with Crippen LogP contribution in [-0.4, -0.2) is 11.0 Å². The van der Waals surface area contributed by atoms with Crippen LogP contribution < -0.4 is 21.3 Å². The number of carbonyl (C=O) groups is 1. The second-order valence-electron chi connectivity index (χ2n) is 3.83. The Morgan fingerprint density at radius 3 is 2.70 bits per heavy atom. The monoisotopic (exact) mass is 307 g/mol. The lowest BCUT2D eigenvalue weighted by atomic mass is 10.2. The smallest absolute Gasteiger partial charge is 0.283 e. The van der Waals surface area contributed by atoms with Crippen molar-refractivity contribution in [1.82, 2.24) is 10.9 Å². The van der Waals surface area contributed by atoms with Gasteiger partial charge in [0, 0.05) is 0 Å². The maximum atomic E-state index is 11.9. The average Bonchev–Trinajstić information content (AvgIpc) is 2.92. The van der Waals surface area contributed by atoms with Crippen molar-refractivity contribution in [1.29, 1.82) is 0 Å². The Balaban J connectivity index is 1.98. The van der Waals surface area contributed by atoms with Gasteiger partial charge in [-0.05, 0) is 29.2 Å². The van der Waals surface area contributed by atoms with Gasteiger partial charge in [-0.1, -0.05) is 30.3 Å². The van der Waals surface area contributed by atoms with Crippen LogP contribution in [0.3, 0.4) is 0 Å². The molecule has 2 aromatic rings. The van der Waals surface area contributed by atoms with Gasteiger partial charge in [-0.25, -0.2) is 0 Å². The van der Waals surface area contributed by atoms with Gasteiger partial charge in [-0.3, -0.25) is 15.6 Å². The predicted molar refractivity (Wildman–Crippen MR) is 82.5 cm³/mol. The minimum absolute atomic E-state index is 0.00154. The van der Waals surface area contributed by atoms with E-state index in [9.17, 15) is 4.79 Å². The molecule has 0 aliphatic heterocycles. The Morgan fingerprint density at radius 2 is 2.00 bits per heavy atom. The molecule has 4 N–H and O–H groups in total. The molecular formula is C13H13N3O2S2. The summed E-state index contributed by atoms with van der Waals surface area (Å²) in [6.07, 6.45) is 0. The zero-order chi connectivity index (χ0) is 14.4. The third-order valence-electron chi connectivity index (χ3n) is 2.37. The number of carbonyl (C=O) groups excluding carboxylic acids is 1. The second-order valence-corrected chi connectivity index (χ2v) is 5.19. The van der Waals surface area contributed by atoms with E-state index in [2.05, 4.69) is 23.1 Å². The largest absolute Gasteiger partial charge is 0.487 e. The van der Waals surface area contributed by atoms with Gasteiger partial charge < -0.3 is 10.5 Å². The number of rotatable bonds is 4. The molecule has 0 bridgehead atoms. The van der Waals surface area contributed by atoms with Crippen LogP contribution in [0.15, 0.2) is 41.8 Å². The first-order valence-electron chi connectivity index (χ1n) is 5.77. The lowest BCUT2D eigenvalue weighted by Gasteiger charge is -2.08. The highest BCUT2D eigenvalue weighted by Gasteiger charge is 2.14. The van der Waals surface area contributed by atoms with E-state index in [1.54, 1.807) is 11.4 Å². The van der Waals surface area contributed by atoms with Crippen molar-refractivity contribution in [2.24, 2.45) is 5.73 Å². The van der Waals surface area contributed by atoms with Crippen LogP contribution in [0.25, 0.3) is 0 Å². The first kappa shape index (κ1) is 14.3. The third-order valence-corrected chi connectivity index (χ3v) is 3.37. The van der Waals surface area contributed by atoms with Crippen molar-refractivity contribution in [3.8, 4) is 5.75 Å². The fraction of sp³-hybridized carbons (Fsp3) is 0.0769. The number of thiocarbonyl (C=S) groups is 1. The van der Waals surface area contributed by atoms with Crippen LogP contribution in [0.4, 0.5) is 0 Å². The van der Waals surface area contributed by atoms with E-state index in [4.69, 9.17) is 10.5 Å². The van der Waals surface area contributed by atoms with Crippen molar-refractivity contribution in [3.63, 3.8) is 0 Å². The summed E-state index contributed by atoms with van der Waals surface area (Å²) < 4.78 is 5.65. The van der Waals surface area contributed by atoms with Crippen LogP contribution in [0.2, 0.25) is 0 Å². The van der Waals surface area contributed by atoms with Gasteiger partial charge in [-0.2, -0.15) is 0 Å². The Bertz CT molecular complexity index is 599. The molecule has 0 spiro atoms. The molecule has 0 aliphatic rings. The van der Waals surface area contributed by atoms with Crippen LogP contribution in [-0.2, 0) is 6.61 Å². The number of nitrogens with two attached hydrogens (primary N) is 1. The minimum atomic E-state index is -0.337. The number of hydrogen-bond acceptors (Lipinski definition) is 4. The van der Waals surface area contributed by atoms with Gasteiger partial charge >= 0.3 is 0 Å². The number of ether oxygens (including phenoxy) is 1. The van der Waals surface area contributed by atoms with Crippen molar-refractivity contribution in [3.05, 3.63) is 52.2 Å². The Kier molecular flexibility index (Phi) is 4.91. The predicted octanol–water partition coefficient (Wildman–Crippen LogP) is 1.81. The number of amides is 1. The summed E-state index contributed by atoms with van der Waals surface area (Å²) in [5.74, 6) is 0.192. The number of hydrazine groups is 1. The molecule has 0 aliphatic carbocycles. The van der Waals surface area contributed by atoms with Gasteiger partial charge in [0.15, 0.2) is 5.11 Å². The summed E-state index contributed by atoms with van der Waals surface area (Å²) in [7, 11) is 0. The quantitative estimate of drug-likeness (QED) is 0.593. The molecule has 1 heterocycles. The molecule has 5 nitrogen and oxygen atoms in total. The zero-order valence-electron chi connectivity index (χ0n) is 10.5. The summed E-state index contributed by atoms with van der Waals surface area (Å²) in [4.78, 5) is 12.3. The maximum Gasteiger partial charge on any atom is 0.283 e. The number of thiophene rings is 1. The van der Waals surface area contributed by atoms with Crippen molar-refractivity contribution in [2.45, 2.75) is 6.61 Å². The molecule has 20 heavy (non-hydrogen) atoms. The fourth-order valence-electron chi connectivity index (χ4n) is 1.49. The molecule has 2 rings (SSSR count). The lowest BCUT2D eigenvalue weighted by molar-refractivity contribution is 0.0944. The molecule has 1 aromatic heterocycles. The summed E-state index contributed by atoms with van der Waals surface area (Å²) >= 11 is 5.90. The molecule has 0 atom stereocenters. The second kappa shape index (κ2) is 6.88. The van der Waals surface area contributed by atoms with E-state index >= 15 is 0 Å². The topological polar surface area (TPSA) is 76.4 Å². The summed E-state index contributed by atoms with van der Waals surface area (Å²) in [5, 5.41) is 1.79. The Morgan fingerprint density at radius 1 is 1.25 bits per heavy atom. The van der Waals surface area contributed by atoms with Crippen LogP contribution in [0.5, 0.6) is 5.75 Å². The van der Waals surface area contributed by atoms with E-state index in [0.29, 0.717) is 17.2 Å². The van der Waals surface area contributed by atoms with Gasteiger partial charge in [0.25, 0.3) is 5.91 Å². The van der Waals surface area contributed by atoms with Gasteiger partial charge in [0.1, 0.15) is 17.2 Å². The lowest BCUT2D eigenvalue weighted by Crippen LogP contribution is -2.44. The number of hydrogen-bond donors (Lipinski definition) is 3. The molecule has 1 aromatic carbocycles. The van der Waals surface area contributed by atoms with Crippen molar-refractivity contribution < 1.29 is 9.53 Å². The summed E-state index contributed by atoms with van der Waals surface area (Å²) in [6, 6.07) is 11.5. The van der Waals surface area contributed by atoms with Crippen LogP contribution in [0, 0.1) is 0 Å². The fourth-order valence-corrected chi connectivity index (χ4v) is 2.27. The highest BCUT2D eigenvalue weighted by atomic mass is 32.1. The van der Waals surface area contributed by atoms with E-state index in [-0.39, 0.29) is 11.0 Å². The highest BCUT2D eigenvalue weighted by molar-refractivity contribution is 7.80. The zero-order valence-corrected chi connectivity index (χ0v) is 12.1. The molecule has 104 valence electrons. The van der Waals surface area contributed by atoms with E-state index in [0.717, 1.165) is 5.56 Å². The molecular weight excluding hydrogens is 294 g/mol. The molecule has 1 amide bonds. The van der Waals surface area contributed by atoms with Crippen LogP contribution >= 0.6 is 23.6 Å². The first-order valence-corrected chi connectivity index (χ1v) is 7.05. The average molecular weight is 307 g/mol. The summed E-state index contributed by atoms with van der Waals surface area (Å²) in [6.45, 7) is 0.403. The molecule has 0 saturated carbocycles. The molecule has 0 radical (unpaired) electrons. The molecule has 0 fully saturated rings. The van der Waals surface area contributed by atoms with Gasteiger partial charge in [-0.15, -0.1) is 11.3 Å². The maximum absolute atomic E-state index is 11.9. The highest BCUT2D eigenvalue weighted by Crippen LogP contribution is 2.25. The van der Waals surface area contributed by atoms with E-state index in [1.807, 2.05) is 30.3 Å². The summed E-state index contributed by atoms with van der Waals surface area (Å²) in [5.41, 5.74) is 11.1. The SMILES string of the molecule is NC(=S)NNC(=O)c1sccc1OCc1ccccc1. The number of benzene rings is 1. The van der Waals surface area contributed by atoms with Crippen LogP contribution in [0.1, 0.15) is 15.2 Å². The molecule has 0 unspecified atom stereocenters. The Labute approximate surface area is 125 Å². The van der Waals surface area contributed by atoms with Crippen molar-refractivity contribution in [2.75, 3.05) is 0 Å². The first-order chi connectivity index (χ1) is 9.66.